The molecule has 0 aliphatic carbocycles. The topological polar surface area (TPSA) is 43.0 Å². The first-order chi connectivity index (χ1) is 7.70. The van der Waals surface area contributed by atoms with Crippen molar-refractivity contribution >= 4 is 11.6 Å². The van der Waals surface area contributed by atoms with Gasteiger partial charge in [0, 0.05) is 18.3 Å². The lowest BCUT2D eigenvalue weighted by Gasteiger charge is -2.02. The van der Waals surface area contributed by atoms with E-state index < -0.39 is 0 Å². The molecular weight excluding hydrogens is 226 g/mol. The number of aromatic nitrogens is 2. The molecule has 16 heavy (non-hydrogen) atoms. The van der Waals surface area contributed by atoms with Crippen LogP contribution in [0.25, 0.3) is 0 Å². The lowest BCUT2D eigenvalue weighted by molar-refractivity contribution is 0.473. The van der Waals surface area contributed by atoms with Crippen LogP contribution in [0.3, 0.4) is 0 Å². The normalized spacial score (nSPS) is 10.9. The van der Waals surface area contributed by atoms with Crippen LogP contribution >= 0.6 is 11.6 Å². The summed E-state index contributed by atoms with van der Waals surface area (Å²) in [5.74, 6) is 0.911. The van der Waals surface area contributed by atoms with Gasteiger partial charge in [-0.2, -0.15) is 5.10 Å². The van der Waals surface area contributed by atoms with Crippen LogP contribution < -0.4 is 5.32 Å². The minimum absolute atomic E-state index is 0.609. The summed E-state index contributed by atoms with van der Waals surface area (Å²) >= 11 is 5.94. The summed E-state index contributed by atoms with van der Waals surface area (Å²) in [4.78, 5) is 0. The second kappa shape index (κ2) is 4.72. The number of nitrogens with zero attached hydrogens (tertiary/aromatic N) is 2. The summed E-state index contributed by atoms with van der Waals surface area (Å²) < 4.78 is 7.21. The monoisotopic (exact) mass is 239 g/mol. The third-order valence-electron chi connectivity index (χ3n) is 2.40. The molecule has 5 heteroatoms. The second-order valence-corrected chi connectivity index (χ2v) is 4.07. The van der Waals surface area contributed by atoms with Gasteiger partial charge in [0.2, 0.25) is 0 Å². The van der Waals surface area contributed by atoms with Crippen LogP contribution in [0.1, 0.15) is 17.0 Å². The number of hydrogen-bond acceptors (Lipinski definition) is 3. The zero-order valence-electron chi connectivity index (χ0n) is 9.33. The van der Waals surface area contributed by atoms with Crippen molar-refractivity contribution in [1.29, 1.82) is 0 Å². The highest BCUT2D eigenvalue weighted by Gasteiger charge is 2.08. The predicted octanol–water partition coefficient (Wildman–Crippen LogP) is 2.21. The lowest BCUT2D eigenvalue weighted by Crippen LogP contribution is -2.08. The Kier molecular flexibility index (Phi) is 3.31. The van der Waals surface area contributed by atoms with Crippen molar-refractivity contribution in [2.75, 3.05) is 7.05 Å². The standard InChI is InChI=1S/C11H14ClN3O/c1-8-10(12)6-15(14-8)7-11-9(5-13-2)3-4-16-11/h3-4,6,13H,5,7H2,1-2H3. The molecule has 0 atom stereocenters. The van der Waals surface area contributed by atoms with E-state index in [1.54, 1.807) is 10.9 Å². The number of aryl methyl sites for hydroxylation is 1. The molecule has 4 nitrogen and oxygen atoms in total. The van der Waals surface area contributed by atoms with Crippen molar-refractivity contribution in [2.45, 2.75) is 20.0 Å². The van der Waals surface area contributed by atoms with Crippen LogP contribution in [0, 0.1) is 6.92 Å². The summed E-state index contributed by atoms with van der Waals surface area (Å²) in [5, 5.41) is 8.07. The van der Waals surface area contributed by atoms with Gasteiger partial charge in [0.25, 0.3) is 0 Å². The molecular formula is C11H14ClN3O. The largest absolute Gasteiger partial charge is 0.467 e. The van der Waals surface area contributed by atoms with E-state index in [1.165, 1.54) is 0 Å². The molecule has 2 heterocycles. The van der Waals surface area contributed by atoms with E-state index in [1.807, 2.05) is 26.2 Å². The van der Waals surface area contributed by atoms with Crippen LogP contribution in [0.15, 0.2) is 22.9 Å². The Morgan fingerprint density at radius 2 is 2.38 bits per heavy atom. The van der Waals surface area contributed by atoms with Gasteiger partial charge in [-0.3, -0.25) is 4.68 Å². The molecule has 0 unspecified atom stereocenters. The Morgan fingerprint density at radius 1 is 1.56 bits per heavy atom. The van der Waals surface area contributed by atoms with Gasteiger partial charge in [-0.05, 0) is 20.0 Å². The van der Waals surface area contributed by atoms with Gasteiger partial charge >= 0.3 is 0 Å². The molecule has 0 amide bonds. The number of nitrogens with one attached hydrogen (secondary N) is 1. The smallest absolute Gasteiger partial charge is 0.129 e. The quantitative estimate of drug-likeness (QED) is 0.890. The van der Waals surface area contributed by atoms with E-state index in [0.29, 0.717) is 11.6 Å². The Bertz CT molecular complexity index is 456. The summed E-state index contributed by atoms with van der Waals surface area (Å²) in [6, 6.07) is 1.96. The minimum atomic E-state index is 0.609. The van der Waals surface area contributed by atoms with Gasteiger partial charge < -0.3 is 9.73 Å². The lowest BCUT2D eigenvalue weighted by atomic mass is 10.2. The molecule has 86 valence electrons. The summed E-state index contributed by atoms with van der Waals surface area (Å²) in [7, 11) is 1.91. The molecule has 1 N–H and O–H groups in total. The van der Waals surface area contributed by atoms with Gasteiger partial charge in [0.1, 0.15) is 5.76 Å². The van der Waals surface area contributed by atoms with Crippen LogP contribution in [0.4, 0.5) is 0 Å². The summed E-state index contributed by atoms with van der Waals surface area (Å²) in [6.45, 7) is 3.28. The van der Waals surface area contributed by atoms with Crippen LogP contribution in [0.2, 0.25) is 5.02 Å². The first kappa shape index (κ1) is 11.2. The Balaban J connectivity index is 2.16. The highest BCUT2D eigenvalue weighted by Crippen LogP contribution is 2.16. The van der Waals surface area contributed by atoms with Gasteiger partial charge in [0.15, 0.2) is 0 Å². The Morgan fingerprint density at radius 3 is 3.00 bits per heavy atom. The molecule has 0 bridgehead atoms. The number of rotatable bonds is 4. The second-order valence-electron chi connectivity index (χ2n) is 3.66. The Hall–Kier alpha value is -1.26. The zero-order valence-corrected chi connectivity index (χ0v) is 10.1. The Labute approximate surface area is 99.2 Å². The van der Waals surface area contributed by atoms with Crippen molar-refractivity contribution in [2.24, 2.45) is 0 Å². The SMILES string of the molecule is CNCc1ccoc1Cn1cc(Cl)c(C)n1. The average Bonchev–Trinajstić information content (AvgIpc) is 2.77. The molecule has 2 aromatic rings. The number of hydrogen-bond donors (Lipinski definition) is 1. The molecule has 0 aliphatic heterocycles. The summed E-state index contributed by atoms with van der Waals surface area (Å²) in [6.07, 6.45) is 3.50. The molecule has 0 aliphatic rings. The van der Waals surface area contributed by atoms with Gasteiger partial charge in [0.05, 0.1) is 23.5 Å². The molecule has 0 fully saturated rings. The summed E-state index contributed by atoms with van der Waals surface area (Å²) in [5.41, 5.74) is 1.98. The predicted molar refractivity (Wildman–Crippen MR) is 62.5 cm³/mol. The zero-order chi connectivity index (χ0) is 11.5. The average molecular weight is 240 g/mol. The van der Waals surface area contributed by atoms with Gasteiger partial charge in [-0.1, -0.05) is 11.6 Å². The maximum absolute atomic E-state index is 5.94. The fourth-order valence-electron chi connectivity index (χ4n) is 1.58. The van der Waals surface area contributed by atoms with E-state index >= 15 is 0 Å². The van der Waals surface area contributed by atoms with E-state index in [9.17, 15) is 0 Å². The van der Waals surface area contributed by atoms with Crippen molar-refractivity contribution < 1.29 is 4.42 Å². The number of halogens is 1. The van der Waals surface area contributed by atoms with Crippen LogP contribution in [-0.4, -0.2) is 16.8 Å². The molecule has 2 rings (SSSR count). The van der Waals surface area contributed by atoms with Crippen molar-refractivity contribution in [3.8, 4) is 0 Å². The van der Waals surface area contributed by atoms with E-state index in [2.05, 4.69) is 10.4 Å². The molecule has 0 saturated heterocycles. The highest BCUT2D eigenvalue weighted by molar-refractivity contribution is 6.31. The minimum Gasteiger partial charge on any atom is -0.467 e. The van der Waals surface area contributed by atoms with Crippen molar-refractivity contribution in [3.63, 3.8) is 0 Å². The van der Waals surface area contributed by atoms with E-state index in [-0.39, 0.29) is 0 Å². The van der Waals surface area contributed by atoms with Gasteiger partial charge in [-0.25, -0.2) is 0 Å². The molecule has 0 spiro atoms. The highest BCUT2D eigenvalue weighted by atomic mass is 35.5. The molecule has 0 radical (unpaired) electrons. The third-order valence-corrected chi connectivity index (χ3v) is 2.77. The first-order valence-electron chi connectivity index (χ1n) is 5.10. The fourth-order valence-corrected chi connectivity index (χ4v) is 1.73. The molecule has 2 aromatic heterocycles. The van der Waals surface area contributed by atoms with Crippen LogP contribution in [-0.2, 0) is 13.1 Å². The maximum atomic E-state index is 5.94. The number of furan rings is 1. The van der Waals surface area contributed by atoms with E-state index in [0.717, 1.165) is 23.6 Å². The molecule has 0 aromatic carbocycles. The maximum Gasteiger partial charge on any atom is 0.129 e. The van der Waals surface area contributed by atoms with E-state index in [4.69, 9.17) is 16.0 Å². The third kappa shape index (κ3) is 2.28. The van der Waals surface area contributed by atoms with Gasteiger partial charge in [-0.15, -0.1) is 0 Å². The molecule has 0 saturated carbocycles. The first-order valence-corrected chi connectivity index (χ1v) is 5.48. The van der Waals surface area contributed by atoms with Crippen LogP contribution in [0.5, 0.6) is 0 Å². The van der Waals surface area contributed by atoms with Crippen molar-refractivity contribution in [3.05, 3.63) is 40.6 Å². The fraction of sp³-hybridized carbons (Fsp3) is 0.364. The van der Waals surface area contributed by atoms with Crippen molar-refractivity contribution in [1.82, 2.24) is 15.1 Å².